The van der Waals surface area contributed by atoms with E-state index >= 15 is 0 Å². The van der Waals surface area contributed by atoms with Crippen LogP contribution in [0.2, 0.25) is 0 Å². The minimum atomic E-state index is -0.553. The van der Waals surface area contributed by atoms with Crippen LogP contribution in [-0.4, -0.2) is 49.2 Å². The van der Waals surface area contributed by atoms with Gasteiger partial charge in [0.05, 0.1) is 6.04 Å². The van der Waals surface area contributed by atoms with E-state index in [0.29, 0.717) is 36.3 Å². The Morgan fingerprint density at radius 1 is 1.00 bits per heavy atom. The van der Waals surface area contributed by atoms with Gasteiger partial charge in [-0.2, -0.15) is 0 Å². The van der Waals surface area contributed by atoms with Crippen LogP contribution < -0.4 is 20.1 Å². The second-order valence-electron chi connectivity index (χ2n) is 7.70. The van der Waals surface area contributed by atoms with Gasteiger partial charge < -0.3 is 14.8 Å². The highest BCUT2D eigenvalue weighted by Gasteiger charge is 2.28. The van der Waals surface area contributed by atoms with Gasteiger partial charge in [-0.1, -0.05) is 30.3 Å². The van der Waals surface area contributed by atoms with Crippen molar-refractivity contribution in [1.29, 1.82) is 0 Å². The number of imide groups is 1. The topological polar surface area (TPSA) is 79.9 Å². The number of nitrogens with zero attached hydrogens (tertiary/aromatic N) is 1. The predicted molar refractivity (Wildman–Crippen MR) is 114 cm³/mol. The average Bonchev–Trinajstić information content (AvgIpc) is 2.79. The Labute approximate surface area is 176 Å². The molecular formula is C23H27N3O4. The summed E-state index contributed by atoms with van der Waals surface area (Å²) in [6.45, 7) is 4.49. The lowest BCUT2D eigenvalue weighted by molar-refractivity contribution is -0.125. The van der Waals surface area contributed by atoms with E-state index in [4.69, 9.17) is 9.47 Å². The molecule has 30 heavy (non-hydrogen) atoms. The van der Waals surface area contributed by atoms with Gasteiger partial charge in [0.1, 0.15) is 13.2 Å². The standard InChI is InChI=1S/C23H27N3O4/c1-16(26-11-9-18(10-12-26)17-5-3-2-4-6-17)22(27)25-23(28)24-19-7-8-20-21(15-19)30-14-13-29-20/h2-8,15-16,18H,9-14H2,1H3,(H2,24,25,27,28)/t16-/m1/s1. The van der Waals surface area contributed by atoms with Crippen molar-refractivity contribution in [2.75, 3.05) is 31.6 Å². The Balaban J connectivity index is 1.27. The van der Waals surface area contributed by atoms with Crippen LogP contribution >= 0.6 is 0 Å². The van der Waals surface area contributed by atoms with Crippen LogP contribution in [0.3, 0.4) is 0 Å². The summed E-state index contributed by atoms with van der Waals surface area (Å²) in [5, 5.41) is 5.13. The molecule has 3 amide bonds. The zero-order valence-electron chi connectivity index (χ0n) is 17.1. The molecule has 2 N–H and O–H groups in total. The van der Waals surface area contributed by atoms with Gasteiger partial charge in [0.2, 0.25) is 5.91 Å². The first-order valence-electron chi connectivity index (χ1n) is 10.4. The molecule has 1 atom stereocenters. The number of amides is 3. The van der Waals surface area contributed by atoms with Crippen molar-refractivity contribution in [3.05, 3.63) is 54.1 Å². The van der Waals surface area contributed by atoms with Crippen molar-refractivity contribution in [3.63, 3.8) is 0 Å². The van der Waals surface area contributed by atoms with Crippen LogP contribution in [0.4, 0.5) is 10.5 Å². The van der Waals surface area contributed by atoms with Crippen molar-refractivity contribution in [3.8, 4) is 11.5 Å². The fraction of sp³-hybridized carbons (Fsp3) is 0.391. The number of carbonyl (C=O) groups is 2. The maximum absolute atomic E-state index is 12.6. The monoisotopic (exact) mass is 409 g/mol. The molecule has 0 aliphatic carbocycles. The molecule has 7 heteroatoms. The third kappa shape index (κ3) is 4.74. The minimum Gasteiger partial charge on any atom is -0.486 e. The zero-order chi connectivity index (χ0) is 20.9. The van der Waals surface area contributed by atoms with Crippen molar-refractivity contribution in [2.24, 2.45) is 0 Å². The van der Waals surface area contributed by atoms with E-state index in [-0.39, 0.29) is 11.9 Å². The molecule has 1 fully saturated rings. The first kappa shape index (κ1) is 20.2. The molecule has 4 rings (SSSR count). The maximum atomic E-state index is 12.6. The summed E-state index contributed by atoms with van der Waals surface area (Å²) in [7, 11) is 0. The van der Waals surface area contributed by atoms with Gasteiger partial charge in [-0.05, 0) is 56.5 Å². The van der Waals surface area contributed by atoms with E-state index in [2.05, 4.69) is 39.8 Å². The van der Waals surface area contributed by atoms with E-state index in [1.807, 2.05) is 13.0 Å². The molecule has 7 nitrogen and oxygen atoms in total. The normalized spacial score (nSPS) is 17.8. The molecule has 2 aromatic carbocycles. The number of fused-ring (bicyclic) bond motifs is 1. The van der Waals surface area contributed by atoms with Crippen LogP contribution in [0.5, 0.6) is 11.5 Å². The van der Waals surface area contributed by atoms with Gasteiger partial charge in [-0.25, -0.2) is 4.79 Å². The van der Waals surface area contributed by atoms with Crippen molar-refractivity contribution in [2.45, 2.75) is 31.7 Å². The Morgan fingerprint density at radius 3 is 2.43 bits per heavy atom. The summed E-state index contributed by atoms with van der Waals surface area (Å²) in [5.41, 5.74) is 1.90. The van der Waals surface area contributed by atoms with Gasteiger partial charge in [0, 0.05) is 11.8 Å². The average molecular weight is 409 g/mol. The van der Waals surface area contributed by atoms with E-state index < -0.39 is 6.03 Å². The Kier molecular flexibility index (Phi) is 6.18. The van der Waals surface area contributed by atoms with Crippen LogP contribution in [-0.2, 0) is 4.79 Å². The minimum absolute atomic E-state index is 0.303. The van der Waals surface area contributed by atoms with Crippen LogP contribution in [0.25, 0.3) is 0 Å². The van der Waals surface area contributed by atoms with Crippen molar-refractivity contribution in [1.82, 2.24) is 10.2 Å². The van der Waals surface area contributed by atoms with E-state index in [0.717, 1.165) is 25.9 Å². The molecule has 0 spiro atoms. The molecule has 0 bridgehead atoms. The summed E-state index contributed by atoms with van der Waals surface area (Å²) in [6, 6.07) is 14.7. The molecule has 2 aliphatic heterocycles. The molecule has 0 saturated carbocycles. The number of benzene rings is 2. The lowest BCUT2D eigenvalue weighted by Gasteiger charge is -2.35. The fourth-order valence-corrected chi connectivity index (χ4v) is 4.01. The van der Waals surface area contributed by atoms with Gasteiger partial charge in [-0.3, -0.25) is 15.0 Å². The highest BCUT2D eigenvalue weighted by atomic mass is 16.6. The molecule has 2 aliphatic rings. The molecule has 1 saturated heterocycles. The molecule has 0 radical (unpaired) electrons. The number of hydrogen-bond acceptors (Lipinski definition) is 5. The maximum Gasteiger partial charge on any atom is 0.325 e. The number of likely N-dealkylation sites (tertiary alicyclic amines) is 1. The lowest BCUT2D eigenvalue weighted by atomic mass is 9.89. The molecule has 0 aromatic heterocycles. The number of ether oxygens (including phenoxy) is 2. The number of nitrogens with one attached hydrogen (secondary N) is 2. The smallest absolute Gasteiger partial charge is 0.325 e. The second-order valence-corrected chi connectivity index (χ2v) is 7.70. The van der Waals surface area contributed by atoms with Crippen molar-refractivity contribution < 1.29 is 19.1 Å². The van der Waals surface area contributed by atoms with Gasteiger partial charge in [0.15, 0.2) is 11.5 Å². The first-order valence-corrected chi connectivity index (χ1v) is 10.4. The van der Waals surface area contributed by atoms with Gasteiger partial charge in [0.25, 0.3) is 0 Å². The summed E-state index contributed by atoms with van der Waals surface area (Å²) >= 11 is 0. The third-order valence-electron chi connectivity index (χ3n) is 5.76. The number of carbonyl (C=O) groups excluding carboxylic acids is 2. The highest BCUT2D eigenvalue weighted by molar-refractivity contribution is 6.02. The van der Waals surface area contributed by atoms with Crippen molar-refractivity contribution >= 4 is 17.6 Å². The number of anilines is 1. The molecule has 0 unspecified atom stereocenters. The summed E-state index contributed by atoms with van der Waals surface area (Å²) in [5.74, 6) is 1.45. The lowest BCUT2D eigenvalue weighted by Crippen LogP contribution is -2.50. The summed E-state index contributed by atoms with van der Waals surface area (Å²) < 4.78 is 11.0. The van der Waals surface area contributed by atoms with E-state index in [1.165, 1.54) is 5.56 Å². The molecular weight excluding hydrogens is 382 g/mol. The van der Waals surface area contributed by atoms with E-state index in [1.54, 1.807) is 18.2 Å². The summed E-state index contributed by atoms with van der Waals surface area (Å²) in [6.07, 6.45) is 2.01. The van der Waals surface area contributed by atoms with Gasteiger partial charge >= 0.3 is 6.03 Å². The Hall–Kier alpha value is -3.06. The first-order chi connectivity index (χ1) is 14.6. The molecule has 2 heterocycles. The molecule has 2 aromatic rings. The fourth-order valence-electron chi connectivity index (χ4n) is 4.01. The number of rotatable bonds is 4. The Morgan fingerprint density at radius 2 is 1.70 bits per heavy atom. The highest BCUT2D eigenvalue weighted by Crippen LogP contribution is 2.32. The van der Waals surface area contributed by atoms with E-state index in [9.17, 15) is 9.59 Å². The van der Waals surface area contributed by atoms with Crippen LogP contribution in [0.15, 0.2) is 48.5 Å². The zero-order valence-corrected chi connectivity index (χ0v) is 17.1. The number of hydrogen-bond donors (Lipinski definition) is 2. The molecule has 158 valence electrons. The van der Waals surface area contributed by atoms with Gasteiger partial charge in [-0.15, -0.1) is 0 Å². The number of piperidine rings is 1. The second kappa shape index (κ2) is 9.17. The number of urea groups is 1. The Bertz CT molecular complexity index is 895. The largest absolute Gasteiger partial charge is 0.486 e. The predicted octanol–water partition coefficient (Wildman–Crippen LogP) is 3.37. The quantitative estimate of drug-likeness (QED) is 0.809. The van der Waals surface area contributed by atoms with Crippen LogP contribution in [0, 0.1) is 0 Å². The summed E-state index contributed by atoms with van der Waals surface area (Å²) in [4.78, 5) is 27.0. The third-order valence-corrected chi connectivity index (χ3v) is 5.76. The SMILES string of the molecule is C[C@H](C(=O)NC(=O)Nc1ccc2c(c1)OCCO2)N1CCC(c2ccccc2)CC1. The van der Waals surface area contributed by atoms with Crippen LogP contribution in [0.1, 0.15) is 31.2 Å².